The van der Waals surface area contributed by atoms with Gasteiger partial charge in [-0.05, 0) is 37.1 Å². The third kappa shape index (κ3) is 3.50. The average Bonchev–Trinajstić information content (AvgIpc) is 3.03. The highest BCUT2D eigenvalue weighted by Gasteiger charge is 2.41. The van der Waals surface area contributed by atoms with E-state index >= 15 is 0 Å². The summed E-state index contributed by atoms with van der Waals surface area (Å²) in [7, 11) is 0. The summed E-state index contributed by atoms with van der Waals surface area (Å²) < 4.78 is 0. The van der Waals surface area contributed by atoms with Crippen molar-refractivity contribution in [2.24, 2.45) is 0 Å². The number of rotatable bonds is 5. The molecule has 3 amide bonds. The molecule has 4 rings (SSSR count). The topological polar surface area (TPSA) is 66.5 Å². The van der Waals surface area contributed by atoms with Gasteiger partial charge in [-0.1, -0.05) is 72.3 Å². The quantitative estimate of drug-likeness (QED) is 0.663. The number of nitrogens with zero attached hydrogens (tertiary/aromatic N) is 1. The number of imide groups is 1. The first-order valence-corrected chi connectivity index (χ1v) is 9.86. The van der Waals surface area contributed by atoms with Crippen LogP contribution in [0.3, 0.4) is 0 Å². The Balaban J connectivity index is 1.61. The van der Waals surface area contributed by atoms with Crippen molar-refractivity contribution in [3.05, 3.63) is 107 Å². The third-order valence-corrected chi connectivity index (χ3v) is 5.42. The van der Waals surface area contributed by atoms with Crippen LogP contribution in [0.1, 0.15) is 50.4 Å². The highest BCUT2D eigenvalue weighted by atomic mass is 16.2. The van der Waals surface area contributed by atoms with Crippen LogP contribution in [0.2, 0.25) is 0 Å². The third-order valence-electron chi connectivity index (χ3n) is 5.42. The number of benzene rings is 3. The molecule has 0 saturated carbocycles. The number of nitrogens with one attached hydrogen (secondary N) is 1. The van der Waals surface area contributed by atoms with E-state index < -0.39 is 23.9 Å². The molecule has 30 heavy (non-hydrogen) atoms. The van der Waals surface area contributed by atoms with Crippen molar-refractivity contribution in [1.82, 2.24) is 10.2 Å². The maximum absolute atomic E-state index is 13.1. The van der Waals surface area contributed by atoms with Gasteiger partial charge in [0.25, 0.3) is 11.8 Å². The number of carbonyl (C=O) groups excluding carboxylic acids is 3. The molecule has 0 aliphatic carbocycles. The smallest absolute Gasteiger partial charge is 0.262 e. The molecule has 5 nitrogen and oxygen atoms in total. The van der Waals surface area contributed by atoms with E-state index in [0.717, 1.165) is 21.6 Å². The highest BCUT2D eigenvalue weighted by Crippen LogP contribution is 2.26. The van der Waals surface area contributed by atoms with Gasteiger partial charge in [0.05, 0.1) is 17.2 Å². The van der Waals surface area contributed by atoms with Gasteiger partial charge in [0.15, 0.2) is 0 Å². The van der Waals surface area contributed by atoms with E-state index in [1.165, 1.54) is 0 Å². The minimum Gasteiger partial charge on any atom is -0.343 e. The van der Waals surface area contributed by atoms with Crippen LogP contribution in [0.5, 0.6) is 0 Å². The Morgan fingerprint density at radius 1 is 0.767 bits per heavy atom. The summed E-state index contributed by atoms with van der Waals surface area (Å²) >= 11 is 0. The molecule has 3 aromatic carbocycles. The van der Waals surface area contributed by atoms with Crippen molar-refractivity contribution < 1.29 is 14.4 Å². The van der Waals surface area contributed by atoms with E-state index in [-0.39, 0.29) is 5.91 Å². The summed E-state index contributed by atoms with van der Waals surface area (Å²) in [6.07, 6.45) is 0. The highest BCUT2D eigenvalue weighted by molar-refractivity contribution is 6.22. The standard InChI is InChI=1S/C25H22N2O3/c1-16-12-14-19(15-13-16)22(18-8-4-3-5-9-18)26-23(28)17(2)27-24(29)20-10-6-7-11-21(20)25(27)30/h3-15,17,22H,1-2H3,(H,26,28)/t17-,22-/m1/s1. The predicted octanol–water partition coefficient (Wildman–Crippen LogP) is 3.89. The first-order valence-electron chi connectivity index (χ1n) is 9.86. The van der Waals surface area contributed by atoms with Gasteiger partial charge < -0.3 is 5.32 Å². The second-order valence-electron chi connectivity index (χ2n) is 7.46. The van der Waals surface area contributed by atoms with Gasteiger partial charge in [-0.3, -0.25) is 19.3 Å². The summed E-state index contributed by atoms with van der Waals surface area (Å²) in [5.74, 6) is -1.27. The minimum absolute atomic E-state index is 0.334. The first kappa shape index (κ1) is 19.6. The maximum Gasteiger partial charge on any atom is 0.262 e. The Bertz CT molecular complexity index is 1070. The van der Waals surface area contributed by atoms with Gasteiger partial charge in [0.2, 0.25) is 5.91 Å². The monoisotopic (exact) mass is 398 g/mol. The molecule has 0 radical (unpaired) electrons. The lowest BCUT2D eigenvalue weighted by atomic mass is 9.97. The number of hydrogen-bond acceptors (Lipinski definition) is 3. The zero-order chi connectivity index (χ0) is 21.3. The number of aryl methyl sites for hydroxylation is 1. The lowest BCUT2D eigenvalue weighted by Gasteiger charge is -2.26. The number of amides is 3. The molecule has 5 heteroatoms. The fraction of sp³-hybridized carbons (Fsp3) is 0.160. The SMILES string of the molecule is Cc1ccc([C@H](NC(=O)[C@@H](C)N2C(=O)c3ccccc3C2=O)c2ccccc2)cc1. The van der Waals surface area contributed by atoms with Crippen molar-refractivity contribution in [3.63, 3.8) is 0 Å². The molecule has 2 atom stereocenters. The minimum atomic E-state index is -0.936. The Hall–Kier alpha value is -3.73. The van der Waals surface area contributed by atoms with E-state index in [4.69, 9.17) is 0 Å². The molecule has 3 aromatic rings. The van der Waals surface area contributed by atoms with E-state index in [1.807, 2.05) is 61.5 Å². The van der Waals surface area contributed by atoms with Crippen molar-refractivity contribution in [1.29, 1.82) is 0 Å². The number of carbonyl (C=O) groups is 3. The van der Waals surface area contributed by atoms with Crippen LogP contribution in [0.25, 0.3) is 0 Å². The fourth-order valence-electron chi connectivity index (χ4n) is 3.70. The van der Waals surface area contributed by atoms with Crippen LogP contribution in [0.4, 0.5) is 0 Å². The van der Waals surface area contributed by atoms with Crippen LogP contribution in [-0.2, 0) is 4.79 Å². The molecule has 0 spiro atoms. The van der Waals surface area contributed by atoms with Crippen molar-refractivity contribution in [2.75, 3.05) is 0 Å². The zero-order valence-corrected chi connectivity index (χ0v) is 16.8. The van der Waals surface area contributed by atoms with Crippen molar-refractivity contribution in [2.45, 2.75) is 25.9 Å². The Morgan fingerprint density at radius 2 is 1.27 bits per heavy atom. The summed E-state index contributed by atoms with van der Waals surface area (Å²) in [6, 6.07) is 22.9. The van der Waals surface area contributed by atoms with Crippen LogP contribution in [0, 0.1) is 6.92 Å². The normalized spacial score (nSPS) is 14.9. The largest absolute Gasteiger partial charge is 0.343 e. The van der Waals surface area contributed by atoms with Crippen LogP contribution in [0.15, 0.2) is 78.9 Å². The molecule has 1 N–H and O–H groups in total. The summed E-state index contributed by atoms with van der Waals surface area (Å²) in [5.41, 5.74) is 3.64. The lowest BCUT2D eigenvalue weighted by molar-refractivity contribution is -0.125. The van der Waals surface area contributed by atoms with Crippen LogP contribution < -0.4 is 5.32 Å². The Kier molecular flexibility index (Phi) is 5.19. The predicted molar refractivity (Wildman–Crippen MR) is 114 cm³/mol. The molecule has 0 unspecified atom stereocenters. The second kappa shape index (κ2) is 7.95. The van der Waals surface area contributed by atoms with Gasteiger partial charge in [-0.15, -0.1) is 0 Å². The van der Waals surface area contributed by atoms with E-state index in [1.54, 1.807) is 31.2 Å². The second-order valence-corrected chi connectivity index (χ2v) is 7.46. The molecule has 0 aromatic heterocycles. The van der Waals surface area contributed by atoms with Crippen molar-refractivity contribution >= 4 is 17.7 Å². The molecular formula is C25H22N2O3. The molecule has 0 fully saturated rings. The molecule has 0 saturated heterocycles. The summed E-state index contributed by atoms with van der Waals surface area (Å²) in [6.45, 7) is 3.58. The van der Waals surface area contributed by atoms with Crippen LogP contribution in [-0.4, -0.2) is 28.7 Å². The van der Waals surface area contributed by atoms with Gasteiger partial charge >= 0.3 is 0 Å². The molecule has 1 heterocycles. The molecule has 0 bridgehead atoms. The van der Waals surface area contributed by atoms with Crippen molar-refractivity contribution in [3.8, 4) is 0 Å². The average molecular weight is 398 g/mol. The zero-order valence-electron chi connectivity index (χ0n) is 16.8. The lowest BCUT2D eigenvalue weighted by Crippen LogP contribution is -2.48. The Morgan fingerprint density at radius 3 is 1.83 bits per heavy atom. The van der Waals surface area contributed by atoms with Gasteiger partial charge in [-0.25, -0.2) is 0 Å². The Labute approximate surface area is 175 Å². The van der Waals surface area contributed by atoms with Gasteiger partial charge in [-0.2, -0.15) is 0 Å². The summed E-state index contributed by atoms with van der Waals surface area (Å²) in [5, 5.41) is 3.03. The fourth-order valence-corrected chi connectivity index (χ4v) is 3.70. The molecule has 1 aliphatic heterocycles. The van der Waals surface area contributed by atoms with E-state index in [0.29, 0.717) is 11.1 Å². The molecule has 1 aliphatic rings. The van der Waals surface area contributed by atoms with E-state index in [2.05, 4.69) is 5.32 Å². The van der Waals surface area contributed by atoms with Crippen LogP contribution >= 0.6 is 0 Å². The summed E-state index contributed by atoms with van der Waals surface area (Å²) in [4.78, 5) is 39.7. The van der Waals surface area contributed by atoms with E-state index in [9.17, 15) is 14.4 Å². The van der Waals surface area contributed by atoms with Gasteiger partial charge in [0, 0.05) is 0 Å². The molecule has 150 valence electrons. The van der Waals surface area contributed by atoms with Gasteiger partial charge in [0.1, 0.15) is 6.04 Å². The maximum atomic E-state index is 13.1. The number of hydrogen-bond donors (Lipinski definition) is 1. The first-order chi connectivity index (χ1) is 14.5. The number of fused-ring (bicyclic) bond motifs is 1. The molecular weight excluding hydrogens is 376 g/mol.